The van der Waals surface area contributed by atoms with Crippen molar-refractivity contribution in [2.24, 2.45) is 0 Å². The lowest BCUT2D eigenvalue weighted by molar-refractivity contribution is -0.137. The number of hydrogen-bond donors (Lipinski definition) is 0. The lowest BCUT2D eigenvalue weighted by Gasteiger charge is -2.07. The zero-order valence-electron chi connectivity index (χ0n) is 7.97. The van der Waals surface area contributed by atoms with Crippen molar-refractivity contribution >= 4 is 5.97 Å². The fourth-order valence-electron chi connectivity index (χ4n) is 1.04. The molecule has 0 unspecified atom stereocenters. The molecule has 0 aliphatic heterocycles. The van der Waals surface area contributed by atoms with Gasteiger partial charge in [-0.05, 0) is 25.1 Å². The summed E-state index contributed by atoms with van der Waals surface area (Å²) in [4.78, 5) is 11.1. The summed E-state index contributed by atoms with van der Waals surface area (Å²) < 4.78 is 41.4. The van der Waals surface area contributed by atoms with E-state index in [4.69, 9.17) is 0 Å². The number of benzene rings is 1. The maximum atomic E-state index is 12.3. The van der Waals surface area contributed by atoms with E-state index < -0.39 is 17.7 Å². The predicted molar refractivity (Wildman–Crippen MR) is 47.4 cm³/mol. The second-order valence-corrected chi connectivity index (χ2v) is 2.80. The Hall–Kier alpha value is -1.52. The molecule has 0 N–H and O–H groups in total. The van der Waals surface area contributed by atoms with Crippen LogP contribution in [0.25, 0.3) is 0 Å². The summed E-state index contributed by atoms with van der Waals surface area (Å²) in [6.07, 6.45) is -4.44. The fourth-order valence-corrected chi connectivity index (χ4v) is 1.04. The van der Waals surface area contributed by atoms with Crippen LogP contribution in [0.1, 0.15) is 22.8 Å². The van der Waals surface area contributed by atoms with Gasteiger partial charge in [0.1, 0.15) is 0 Å². The number of carbonyl (C=O) groups is 1. The third-order valence-corrected chi connectivity index (χ3v) is 1.70. The van der Waals surface area contributed by atoms with Gasteiger partial charge in [-0.25, -0.2) is 4.79 Å². The highest BCUT2D eigenvalue weighted by Crippen LogP contribution is 2.29. The first-order valence-electron chi connectivity index (χ1n) is 4.29. The monoisotopic (exact) mass is 217 g/mol. The maximum absolute atomic E-state index is 12.3. The second kappa shape index (κ2) is 4.33. The smallest absolute Gasteiger partial charge is 0.416 e. The van der Waals surface area contributed by atoms with Crippen LogP contribution in [0.2, 0.25) is 0 Å². The Bertz CT molecular complexity index is 358. The molecule has 0 bridgehead atoms. The molecule has 15 heavy (non-hydrogen) atoms. The van der Waals surface area contributed by atoms with E-state index in [-0.39, 0.29) is 12.2 Å². The first kappa shape index (κ1) is 11.6. The van der Waals surface area contributed by atoms with Crippen molar-refractivity contribution in [3.8, 4) is 0 Å². The van der Waals surface area contributed by atoms with Crippen molar-refractivity contribution in [3.05, 3.63) is 35.4 Å². The van der Waals surface area contributed by atoms with Crippen LogP contribution in [-0.2, 0) is 10.9 Å². The van der Waals surface area contributed by atoms with Crippen molar-refractivity contribution in [1.82, 2.24) is 0 Å². The van der Waals surface area contributed by atoms with Crippen molar-refractivity contribution < 1.29 is 22.7 Å². The van der Waals surface area contributed by atoms with Gasteiger partial charge in [0.15, 0.2) is 0 Å². The molecule has 0 atom stereocenters. The standard InChI is InChI=1S/C10H9F3O2/c1-2-15-9(14)7-4-3-5-8(6-7)10(11,12)13/h3-6H,2H2,1H3/i11-1. The summed E-state index contributed by atoms with van der Waals surface area (Å²) in [7, 11) is 0. The number of alkyl halides is 3. The van der Waals surface area contributed by atoms with Gasteiger partial charge in [0.25, 0.3) is 0 Å². The number of rotatable bonds is 2. The minimum Gasteiger partial charge on any atom is -0.462 e. The van der Waals surface area contributed by atoms with Gasteiger partial charge in [0, 0.05) is 0 Å². The van der Waals surface area contributed by atoms with Gasteiger partial charge in [-0.1, -0.05) is 6.07 Å². The molecule has 0 aliphatic carbocycles. The van der Waals surface area contributed by atoms with Crippen LogP contribution in [0, 0.1) is 0 Å². The van der Waals surface area contributed by atoms with Crippen LogP contribution >= 0.6 is 0 Å². The molecule has 0 saturated heterocycles. The predicted octanol–water partition coefficient (Wildman–Crippen LogP) is 2.88. The van der Waals surface area contributed by atoms with Crippen molar-refractivity contribution in [1.29, 1.82) is 0 Å². The van der Waals surface area contributed by atoms with Crippen LogP contribution in [0.3, 0.4) is 0 Å². The maximum Gasteiger partial charge on any atom is 0.416 e. The van der Waals surface area contributed by atoms with Gasteiger partial charge in [0.05, 0.1) is 17.7 Å². The molecule has 1 aromatic carbocycles. The number of carbonyl (C=O) groups excluding carboxylic acids is 1. The third kappa shape index (κ3) is 2.97. The summed E-state index contributed by atoms with van der Waals surface area (Å²) in [5.41, 5.74) is -0.945. The minimum absolute atomic E-state index is 0.0910. The van der Waals surface area contributed by atoms with E-state index in [1.807, 2.05) is 0 Å². The van der Waals surface area contributed by atoms with Crippen LogP contribution in [0.15, 0.2) is 24.3 Å². The lowest BCUT2D eigenvalue weighted by atomic mass is 10.1. The van der Waals surface area contributed by atoms with Crippen LogP contribution < -0.4 is 0 Å². The topological polar surface area (TPSA) is 26.3 Å². The Morgan fingerprint density at radius 2 is 2.07 bits per heavy atom. The van der Waals surface area contributed by atoms with E-state index in [9.17, 15) is 18.0 Å². The van der Waals surface area contributed by atoms with Crippen LogP contribution in [0.4, 0.5) is 13.2 Å². The summed E-state index contributed by atoms with van der Waals surface area (Å²) in [5, 5.41) is 0. The minimum atomic E-state index is -4.44. The Morgan fingerprint density at radius 1 is 1.40 bits per heavy atom. The molecule has 82 valence electrons. The summed E-state index contributed by atoms with van der Waals surface area (Å²) in [6.45, 7) is 1.72. The SMILES string of the molecule is CCOC(=O)c1cccc(C(F)(F)[18F])c1. The number of halogens is 3. The van der Waals surface area contributed by atoms with Gasteiger partial charge in [-0.15, -0.1) is 0 Å². The summed E-state index contributed by atoms with van der Waals surface area (Å²) in [6, 6.07) is 4.14. The van der Waals surface area contributed by atoms with Crippen molar-refractivity contribution in [2.75, 3.05) is 6.61 Å². The highest BCUT2D eigenvalue weighted by atomic mass is 19.3. The van der Waals surface area contributed by atoms with Gasteiger partial charge in [-0.2, -0.15) is 13.2 Å². The number of hydrogen-bond acceptors (Lipinski definition) is 2. The lowest BCUT2D eigenvalue weighted by Crippen LogP contribution is -2.09. The molecule has 1 rings (SSSR count). The Labute approximate surface area is 84.7 Å². The Kier molecular flexibility index (Phi) is 3.34. The molecule has 5 heteroatoms. The molecule has 2 nitrogen and oxygen atoms in total. The zero-order valence-corrected chi connectivity index (χ0v) is 7.97. The Morgan fingerprint density at radius 3 is 2.60 bits per heavy atom. The molecule has 0 fully saturated rings. The zero-order chi connectivity index (χ0) is 11.5. The molecule has 0 spiro atoms. The van der Waals surface area contributed by atoms with E-state index in [0.717, 1.165) is 12.1 Å². The van der Waals surface area contributed by atoms with E-state index in [1.165, 1.54) is 12.1 Å². The average Bonchev–Trinajstić information content (AvgIpc) is 2.17. The second-order valence-electron chi connectivity index (χ2n) is 2.80. The van der Waals surface area contributed by atoms with E-state index >= 15 is 0 Å². The highest BCUT2D eigenvalue weighted by molar-refractivity contribution is 5.89. The van der Waals surface area contributed by atoms with Gasteiger partial charge in [-0.3, -0.25) is 0 Å². The normalized spacial score (nSPS) is 11.2. The van der Waals surface area contributed by atoms with Crippen LogP contribution in [0.5, 0.6) is 0 Å². The number of ether oxygens (including phenoxy) is 1. The van der Waals surface area contributed by atoms with Gasteiger partial charge in [0.2, 0.25) is 0 Å². The van der Waals surface area contributed by atoms with E-state index in [0.29, 0.717) is 0 Å². The summed E-state index contributed by atoms with van der Waals surface area (Å²) in [5.74, 6) is -0.747. The first-order valence-corrected chi connectivity index (χ1v) is 4.29. The van der Waals surface area contributed by atoms with Gasteiger partial charge >= 0.3 is 12.1 Å². The van der Waals surface area contributed by atoms with Gasteiger partial charge < -0.3 is 4.74 Å². The quantitative estimate of drug-likeness (QED) is 0.712. The third-order valence-electron chi connectivity index (χ3n) is 1.70. The molecule has 0 radical (unpaired) electrons. The molecular weight excluding hydrogens is 208 g/mol. The largest absolute Gasteiger partial charge is 0.462 e. The van der Waals surface area contributed by atoms with Crippen molar-refractivity contribution in [2.45, 2.75) is 13.1 Å². The van der Waals surface area contributed by atoms with E-state index in [1.54, 1.807) is 6.92 Å². The average molecular weight is 217 g/mol. The first-order chi connectivity index (χ1) is 6.95. The molecule has 1 aromatic rings. The van der Waals surface area contributed by atoms with E-state index in [2.05, 4.69) is 4.74 Å². The number of esters is 1. The molecule has 0 amide bonds. The molecular formula is C10H9F3O2. The Balaban J connectivity index is 2.98. The molecule has 0 heterocycles. The van der Waals surface area contributed by atoms with Crippen LogP contribution in [-0.4, -0.2) is 12.6 Å². The highest BCUT2D eigenvalue weighted by Gasteiger charge is 2.30. The summed E-state index contributed by atoms with van der Waals surface area (Å²) >= 11 is 0. The van der Waals surface area contributed by atoms with Crippen molar-refractivity contribution in [3.63, 3.8) is 0 Å². The molecule has 0 aliphatic rings. The fraction of sp³-hybridized carbons (Fsp3) is 0.300. The molecule has 0 saturated carbocycles. The molecule has 0 aromatic heterocycles.